The molecule has 0 bridgehead atoms. The fourth-order valence-corrected chi connectivity index (χ4v) is 3.91. The minimum absolute atomic E-state index is 0.211. The molecular weight excluding hydrogens is 362 g/mol. The van der Waals surface area contributed by atoms with Gasteiger partial charge >= 0.3 is 5.76 Å². The first-order chi connectivity index (χ1) is 13.1. The summed E-state index contributed by atoms with van der Waals surface area (Å²) in [5.41, 5.74) is 3.80. The van der Waals surface area contributed by atoms with E-state index in [1.54, 1.807) is 0 Å². The summed E-state index contributed by atoms with van der Waals surface area (Å²) < 4.78 is 5.17. The Hall–Kier alpha value is -2.08. The molecule has 6 heteroatoms. The minimum Gasteiger partial charge on any atom is -0.408 e. The van der Waals surface area contributed by atoms with E-state index >= 15 is 0 Å². The number of H-pyrrole nitrogens is 1. The van der Waals surface area contributed by atoms with E-state index in [0.29, 0.717) is 11.6 Å². The molecule has 0 saturated carbocycles. The zero-order valence-corrected chi connectivity index (χ0v) is 16.1. The van der Waals surface area contributed by atoms with Crippen LogP contribution in [0.1, 0.15) is 36.9 Å². The number of piperidine rings is 1. The lowest BCUT2D eigenvalue weighted by Crippen LogP contribution is -2.42. The van der Waals surface area contributed by atoms with Crippen LogP contribution < -0.4 is 11.1 Å². The molecule has 2 aromatic carbocycles. The zero-order valence-electron chi connectivity index (χ0n) is 15.4. The Bertz CT molecular complexity index is 955. The summed E-state index contributed by atoms with van der Waals surface area (Å²) >= 11 is 5.96. The number of halogens is 1. The standard InChI is InChI=1S/C21H24ClN3O2/c1-14(16-4-7-19-20(12-16)27-21(26)24-19)23-18-8-10-25(11-9-18)13-15-2-5-17(22)6-3-15/h2-7,12,14,18,23H,8-11,13H2,1H3,(H,24,26). The summed E-state index contributed by atoms with van der Waals surface area (Å²) in [5, 5.41) is 4.51. The fourth-order valence-electron chi connectivity index (χ4n) is 3.79. The maximum atomic E-state index is 11.3. The molecule has 0 spiro atoms. The monoisotopic (exact) mass is 385 g/mol. The van der Waals surface area contributed by atoms with E-state index in [9.17, 15) is 4.79 Å². The second-order valence-corrected chi connectivity index (χ2v) is 7.77. The average molecular weight is 386 g/mol. The fraction of sp³-hybridized carbons (Fsp3) is 0.381. The molecular formula is C21H24ClN3O2. The van der Waals surface area contributed by atoms with Gasteiger partial charge in [0.2, 0.25) is 0 Å². The molecule has 1 unspecified atom stereocenters. The Morgan fingerprint density at radius 2 is 1.96 bits per heavy atom. The van der Waals surface area contributed by atoms with Crippen molar-refractivity contribution in [3.8, 4) is 0 Å². The van der Waals surface area contributed by atoms with Crippen molar-refractivity contribution >= 4 is 22.7 Å². The highest BCUT2D eigenvalue weighted by molar-refractivity contribution is 6.30. The Labute approximate surface area is 163 Å². The van der Waals surface area contributed by atoms with Crippen LogP contribution in [0.3, 0.4) is 0 Å². The van der Waals surface area contributed by atoms with Crippen molar-refractivity contribution in [2.24, 2.45) is 0 Å². The number of rotatable bonds is 5. The number of nitrogens with zero attached hydrogens (tertiary/aromatic N) is 1. The molecule has 1 saturated heterocycles. The summed E-state index contributed by atoms with van der Waals surface area (Å²) in [6.07, 6.45) is 2.25. The van der Waals surface area contributed by atoms with Gasteiger partial charge in [0, 0.05) is 23.7 Å². The molecule has 142 valence electrons. The normalized spacial score (nSPS) is 17.4. The van der Waals surface area contributed by atoms with Crippen LogP contribution in [0.2, 0.25) is 5.02 Å². The third-order valence-corrected chi connectivity index (χ3v) is 5.59. The zero-order chi connectivity index (χ0) is 18.8. The van der Waals surface area contributed by atoms with Crippen molar-refractivity contribution in [3.63, 3.8) is 0 Å². The molecule has 1 atom stereocenters. The molecule has 1 aromatic heterocycles. The Kier molecular flexibility index (Phi) is 5.34. The number of fused-ring (bicyclic) bond motifs is 1. The number of aromatic nitrogens is 1. The Morgan fingerprint density at radius 1 is 1.22 bits per heavy atom. The maximum absolute atomic E-state index is 11.3. The van der Waals surface area contributed by atoms with Gasteiger partial charge in [0.05, 0.1) is 5.52 Å². The van der Waals surface area contributed by atoms with Gasteiger partial charge in [-0.2, -0.15) is 0 Å². The van der Waals surface area contributed by atoms with Crippen LogP contribution in [0, 0.1) is 0 Å². The lowest BCUT2D eigenvalue weighted by Gasteiger charge is -2.34. The van der Waals surface area contributed by atoms with Crippen LogP contribution in [0.4, 0.5) is 0 Å². The van der Waals surface area contributed by atoms with Gasteiger partial charge in [-0.25, -0.2) is 4.79 Å². The van der Waals surface area contributed by atoms with E-state index in [4.69, 9.17) is 16.0 Å². The summed E-state index contributed by atoms with van der Waals surface area (Å²) in [4.78, 5) is 16.5. The van der Waals surface area contributed by atoms with Crippen LogP contribution >= 0.6 is 11.6 Å². The number of likely N-dealkylation sites (tertiary alicyclic amines) is 1. The van der Waals surface area contributed by atoms with E-state index in [2.05, 4.69) is 34.3 Å². The molecule has 5 nitrogen and oxygen atoms in total. The predicted molar refractivity (Wildman–Crippen MR) is 108 cm³/mol. The van der Waals surface area contributed by atoms with E-state index < -0.39 is 5.76 Å². The van der Waals surface area contributed by atoms with Crippen molar-refractivity contribution in [2.75, 3.05) is 13.1 Å². The molecule has 2 heterocycles. The minimum atomic E-state index is -0.407. The molecule has 0 radical (unpaired) electrons. The van der Waals surface area contributed by atoms with E-state index in [1.807, 2.05) is 30.3 Å². The first kappa shape index (κ1) is 18.3. The molecule has 1 fully saturated rings. The van der Waals surface area contributed by atoms with Crippen molar-refractivity contribution in [2.45, 2.75) is 38.4 Å². The first-order valence-corrected chi connectivity index (χ1v) is 9.80. The van der Waals surface area contributed by atoms with Crippen molar-refractivity contribution < 1.29 is 4.42 Å². The van der Waals surface area contributed by atoms with Crippen molar-refractivity contribution in [3.05, 3.63) is 69.2 Å². The van der Waals surface area contributed by atoms with E-state index in [1.165, 1.54) is 5.56 Å². The largest absolute Gasteiger partial charge is 0.417 e. The lowest BCUT2D eigenvalue weighted by molar-refractivity contribution is 0.185. The van der Waals surface area contributed by atoms with Crippen molar-refractivity contribution in [1.82, 2.24) is 15.2 Å². The molecule has 3 aromatic rings. The molecule has 1 aliphatic heterocycles. The number of benzene rings is 2. The van der Waals surface area contributed by atoms with Gasteiger partial charge in [-0.05, 0) is 68.2 Å². The quantitative estimate of drug-likeness (QED) is 0.694. The van der Waals surface area contributed by atoms with E-state index in [0.717, 1.165) is 48.6 Å². The molecule has 4 rings (SSSR count). The van der Waals surface area contributed by atoms with E-state index in [-0.39, 0.29) is 6.04 Å². The maximum Gasteiger partial charge on any atom is 0.417 e. The van der Waals surface area contributed by atoms with Gasteiger partial charge in [0.1, 0.15) is 0 Å². The lowest BCUT2D eigenvalue weighted by atomic mass is 10.0. The first-order valence-electron chi connectivity index (χ1n) is 9.42. The van der Waals surface area contributed by atoms with Crippen LogP contribution in [-0.2, 0) is 6.54 Å². The van der Waals surface area contributed by atoms with Crippen LogP contribution in [0.25, 0.3) is 11.1 Å². The molecule has 0 aliphatic carbocycles. The topological polar surface area (TPSA) is 61.3 Å². The van der Waals surface area contributed by atoms with Gasteiger partial charge in [-0.15, -0.1) is 0 Å². The summed E-state index contributed by atoms with van der Waals surface area (Å²) in [5.74, 6) is -0.407. The molecule has 2 N–H and O–H groups in total. The number of hydrogen-bond donors (Lipinski definition) is 2. The smallest absolute Gasteiger partial charge is 0.408 e. The van der Waals surface area contributed by atoms with Crippen molar-refractivity contribution in [1.29, 1.82) is 0 Å². The molecule has 1 aliphatic rings. The number of hydrogen-bond acceptors (Lipinski definition) is 4. The van der Waals surface area contributed by atoms with Crippen LogP contribution in [0.15, 0.2) is 51.7 Å². The van der Waals surface area contributed by atoms with Gasteiger partial charge in [0.15, 0.2) is 5.58 Å². The second kappa shape index (κ2) is 7.89. The third-order valence-electron chi connectivity index (χ3n) is 5.34. The number of oxazole rings is 1. The number of aromatic amines is 1. The number of nitrogens with one attached hydrogen (secondary N) is 2. The average Bonchev–Trinajstić information content (AvgIpc) is 3.04. The van der Waals surface area contributed by atoms with Crippen LogP contribution in [0.5, 0.6) is 0 Å². The summed E-state index contributed by atoms with van der Waals surface area (Å²) in [7, 11) is 0. The van der Waals surface area contributed by atoms with Gasteiger partial charge in [0.25, 0.3) is 0 Å². The summed E-state index contributed by atoms with van der Waals surface area (Å²) in [6, 6.07) is 14.7. The highest BCUT2D eigenvalue weighted by Gasteiger charge is 2.21. The highest BCUT2D eigenvalue weighted by atomic mass is 35.5. The second-order valence-electron chi connectivity index (χ2n) is 7.34. The summed E-state index contributed by atoms with van der Waals surface area (Å²) in [6.45, 7) is 5.30. The Balaban J connectivity index is 1.31. The third kappa shape index (κ3) is 4.43. The molecule has 0 amide bonds. The van der Waals surface area contributed by atoms with Gasteiger partial charge < -0.3 is 9.73 Å². The Morgan fingerprint density at radius 3 is 2.70 bits per heavy atom. The predicted octanol–water partition coefficient (Wildman–Crippen LogP) is 4.09. The molecule has 27 heavy (non-hydrogen) atoms. The van der Waals surface area contributed by atoms with Gasteiger partial charge in [-0.1, -0.05) is 29.8 Å². The highest BCUT2D eigenvalue weighted by Crippen LogP contribution is 2.21. The SMILES string of the molecule is CC(NC1CCN(Cc2ccc(Cl)cc2)CC1)c1ccc2[nH]c(=O)oc2c1. The van der Waals surface area contributed by atoms with Crippen LogP contribution in [-0.4, -0.2) is 29.0 Å². The van der Waals surface area contributed by atoms with Gasteiger partial charge in [-0.3, -0.25) is 9.88 Å².